The van der Waals surface area contributed by atoms with Gasteiger partial charge in [-0.15, -0.1) is 0 Å². The molecular weight excluding hydrogens is 308 g/mol. The lowest BCUT2D eigenvalue weighted by molar-refractivity contribution is 0.817. The van der Waals surface area contributed by atoms with Crippen LogP contribution in [-0.4, -0.2) is 0 Å². The van der Waals surface area contributed by atoms with E-state index in [1.54, 1.807) is 0 Å². The van der Waals surface area contributed by atoms with Crippen LogP contribution in [0.3, 0.4) is 0 Å². The van der Waals surface area contributed by atoms with E-state index in [1.807, 2.05) is 0 Å². The van der Waals surface area contributed by atoms with Crippen LogP contribution < -0.4 is 0 Å². The van der Waals surface area contributed by atoms with Gasteiger partial charge in [0.2, 0.25) is 0 Å². The summed E-state index contributed by atoms with van der Waals surface area (Å²) in [4.78, 5) is 0. The van der Waals surface area contributed by atoms with E-state index in [0.29, 0.717) is 0 Å². The van der Waals surface area contributed by atoms with Gasteiger partial charge in [0, 0.05) is 5.03 Å². The van der Waals surface area contributed by atoms with E-state index < -0.39 is 0 Å². The van der Waals surface area contributed by atoms with Gasteiger partial charge in [0.1, 0.15) is 0 Å². The van der Waals surface area contributed by atoms with Crippen LogP contribution in [0.5, 0.6) is 0 Å². The van der Waals surface area contributed by atoms with E-state index in [-0.39, 0.29) is 0 Å². The van der Waals surface area contributed by atoms with Crippen LogP contribution in [0.15, 0.2) is 20.7 Å². The molecule has 0 radical (unpaired) electrons. The molecule has 0 saturated heterocycles. The molecule has 106 valence electrons. The summed E-state index contributed by atoms with van der Waals surface area (Å²) in [7, 11) is 0. The molecule has 0 saturated carbocycles. The second-order valence-corrected chi connectivity index (χ2v) is 6.18. The average Bonchev–Trinajstić information content (AvgIpc) is 2.34. The minimum atomic E-state index is 1.01. The van der Waals surface area contributed by atoms with Crippen molar-refractivity contribution in [3.63, 3.8) is 0 Å². The summed E-state index contributed by atoms with van der Waals surface area (Å²) in [6, 6.07) is 0. The van der Waals surface area contributed by atoms with Crippen molar-refractivity contribution in [1.82, 2.24) is 0 Å². The van der Waals surface area contributed by atoms with Gasteiger partial charge in [-0.05, 0) is 41.3 Å². The van der Waals surface area contributed by atoms with Crippen LogP contribution >= 0.6 is 27.5 Å². The third-order valence-corrected chi connectivity index (χ3v) is 4.25. The Kier molecular flexibility index (Phi) is 11.3. The molecule has 0 nitrogen and oxygen atoms in total. The Morgan fingerprint density at radius 1 is 0.722 bits per heavy atom. The summed E-state index contributed by atoms with van der Waals surface area (Å²) < 4.78 is 1.37. The first-order chi connectivity index (χ1) is 8.62. The molecule has 0 unspecified atom stereocenters. The highest BCUT2D eigenvalue weighted by Crippen LogP contribution is 2.34. The highest BCUT2D eigenvalue weighted by Gasteiger charge is 2.12. The minimum absolute atomic E-state index is 1.01. The largest absolute Gasteiger partial charge is 0.0888 e. The molecule has 0 atom stereocenters. The van der Waals surface area contributed by atoms with Gasteiger partial charge in [-0.25, -0.2) is 0 Å². The van der Waals surface area contributed by atoms with Gasteiger partial charge in [0.25, 0.3) is 0 Å². The van der Waals surface area contributed by atoms with Crippen LogP contribution in [0.1, 0.15) is 79.1 Å². The maximum atomic E-state index is 6.53. The molecule has 0 rings (SSSR count). The third kappa shape index (κ3) is 6.43. The Hall–Kier alpha value is 0.250. The van der Waals surface area contributed by atoms with Gasteiger partial charge in [0.15, 0.2) is 0 Å². The summed E-state index contributed by atoms with van der Waals surface area (Å²) in [5.41, 5.74) is 2.88. The first-order valence-electron chi connectivity index (χ1n) is 7.37. The Balaban J connectivity index is 5.35. The lowest BCUT2D eigenvalue weighted by atomic mass is 9.94. The summed E-state index contributed by atoms with van der Waals surface area (Å²) in [5, 5.41) is 1.08. The zero-order chi connectivity index (χ0) is 14.0. The summed E-state index contributed by atoms with van der Waals surface area (Å²) in [6.07, 6.45) is 9.01. The maximum Gasteiger partial charge on any atom is 0.0215 e. The predicted molar refractivity (Wildman–Crippen MR) is 88.5 cm³/mol. The molecule has 0 aliphatic carbocycles. The van der Waals surface area contributed by atoms with Crippen LogP contribution in [0.4, 0.5) is 0 Å². The fraction of sp³-hybridized carbons (Fsp3) is 0.750. The van der Waals surface area contributed by atoms with E-state index in [4.69, 9.17) is 11.6 Å². The lowest BCUT2D eigenvalue weighted by Gasteiger charge is -2.16. The Morgan fingerprint density at radius 3 is 1.61 bits per heavy atom. The highest BCUT2D eigenvalue weighted by molar-refractivity contribution is 9.11. The van der Waals surface area contributed by atoms with Crippen molar-refractivity contribution in [2.24, 2.45) is 0 Å². The van der Waals surface area contributed by atoms with E-state index in [0.717, 1.165) is 43.6 Å². The fourth-order valence-corrected chi connectivity index (χ4v) is 3.37. The van der Waals surface area contributed by atoms with Gasteiger partial charge in [-0.1, -0.05) is 80.9 Å². The lowest BCUT2D eigenvalue weighted by Crippen LogP contribution is -1.97. The van der Waals surface area contributed by atoms with Gasteiger partial charge < -0.3 is 0 Å². The summed E-state index contributed by atoms with van der Waals surface area (Å²) in [5.74, 6) is 0. The molecule has 18 heavy (non-hydrogen) atoms. The minimum Gasteiger partial charge on any atom is -0.0888 e. The second kappa shape index (κ2) is 11.1. The number of allylic oxidation sites excluding steroid dienone is 4. The maximum absolute atomic E-state index is 6.53. The Labute approximate surface area is 127 Å². The van der Waals surface area contributed by atoms with Gasteiger partial charge >= 0.3 is 0 Å². The molecule has 0 aromatic rings. The molecule has 0 aliphatic rings. The molecular formula is C16H28BrCl. The van der Waals surface area contributed by atoms with Crippen molar-refractivity contribution < 1.29 is 0 Å². The number of rotatable bonds is 9. The fourth-order valence-electron chi connectivity index (χ4n) is 2.14. The van der Waals surface area contributed by atoms with Gasteiger partial charge in [0.05, 0.1) is 0 Å². The predicted octanol–water partition coefficient (Wildman–Crippen LogP) is 7.33. The van der Waals surface area contributed by atoms with Crippen LogP contribution in [0.25, 0.3) is 0 Å². The molecule has 0 fully saturated rings. The van der Waals surface area contributed by atoms with Crippen molar-refractivity contribution in [1.29, 1.82) is 0 Å². The molecule has 0 N–H and O–H groups in total. The standard InChI is InChI=1S/C16H28BrCl/c1-5-9-13(15(17)11-7-3)14(10-6-2)16(18)12-8-4/h5-12H2,1-4H3/b15-13-,16-14-. The highest BCUT2D eigenvalue weighted by atomic mass is 79.9. The topological polar surface area (TPSA) is 0 Å². The molecule has 0 aromatic carbocycles. The molecule has 0 aliphatic heterocycles. The van der Waals surface area contributed by atoms with Crippen molar-refractivity contribution in [2.45, 2.75) is 79.1 Å². The zero-order valence-electron chi connectivity index (χ0n) is 12.4. The number of hydrogen-bond acceptors (Lipinski definition) is 0. The summed E-state index contributed by atoms with van der Waals surface area (Å²) >= 11 is 10.3. The van der Waals surface area contributed by atoms with Crippen molar-refractivity contribution in [2.75, 3.05) is 0 Å². The van der Waals surface area contributed by atoms with Gasteiger partial charge in [-0.2, -0.15) is 0 Å². The summed E-state index contributed by atoms with van der Waals surface area (Å²) in [6.45, 7) is 8.88. The Bertz CT molecular complexity index is 259. The molecule has 0 bridgehead atoms. The zero-order valence-corrected chi connectivity index (χ0v) is 14.8. The normalized spacial score (nSPS) is 14.3. The van der Waals surface area contributed by atoms with Crippen molar-refractivity contribution in [3.05, 3.63) is 20.7 Å². The SMILES string of the molecule is CCC/C(Cl)=C(CCC)/C(CCC)=C(\Br)CCC. The van der Waals surface area contributed by atoms with E-state index in [9.17, 15) is 0 Å². The molecule has 0 spiro atoms. The van der Waals surface area contributed by atoms with Crippen LogP contribution in [0.2, 0.25) is 0 Å². The Morgan fingerprint density at radius 2 is 1.17 bits per heavy atom. The molecule has 0 heterocycles. The van der Waals surface area contributed by atoms with Crippen molar-refractivity contribution in [3.8, 4) is 0 Å². The quantitative estimate of drug-likeness (QED) is 0.387. The number of hydrogen-bond donors (Lipinski definition) is 0. The average molecular weight is 336 g/mol. The molecule has 0 aromatic heterocycles. The smallest absolute Gasteiger partial charge is 0.0215 e. The first kappa shape index (κ1) is 18.2. The second-order valence-electron chi connectivity index (χ2n) is 4.77. The molecule has 0 amide bonds. The third-order valence-electron chi connectivity index (χ3n) is 2.96. The van der Waals surface area contributed by atoms with Crippen LogP contribution in [-0.2, 0) is 0 Å². The number of halogens is 2. The van der Waals surface area contributed by atoms with Crippen molar-refractivity contribution >= 4 is 27.5 Å². The van der Waals surface area contributed by atoms with Gasteiger partial charge in [-0.3, -0.25) is 0 Å². The van der Waals surface area contributed by atoms with E-state index in [1.165, 1.54) is 28.5 Å². The van der Waals surface area contributed by atoms with E-state index >= 15 is 0 Å². The molecule has 2 heteroatoms. The first-order valence-corrected chi connectivity index (χ1v) is 8.54. The van der Waals surface area contributed by atoms with Crippen LogP contribution in [0, 0.1) is 0 Å². The van der Waals surface area contributed by atoms with E-state index in [2.05, 4.69) is 43.6 Å². The monoisotopic (exact) mass is 334 g/mol.